The van der Waals surface area contributed by atoms with Gasteiger partial charge in [0.05, 0.1) is 16.8 Å². The Labute approximate surface area is 156 Å². The van der Waals surface area contributed by atoms with E-state index in [0.29, 0.717) is 13.0 Å². The van der Waals surface area contributed by atoms with Crippen LogP contribution in [-0.4, -0.2) is 46.6 Å². The Hall–Kier alpha value is -1.01. The lowest BCUT2D eigenvalue weighted by molar-refractivity contribution is -0.124. The predicted octanol–water partition coefficient (Wildman–Crippen LogP) is 3.82. The highest BCUT2D eigenvalue weighted by Gasteiger charge is 2.55. The van der Waals surface area contributed by atoms with Crippen molar-refractivity contribution in [2.24, 2.45) is 0 Å². The van der Waals surface area contributed by atoms with E-state index in [9.17, 15) is 9.18 Å². The van der Waals surface area contributed by atoms with Crippen LogP contribution in [0.1, 0.15) is 52.1 Å². The Morgan fingerprint density at radius 2 is 2.04 bits per heavy atom. The summed E-state index contributed by atoms with van der Waals surface area (Å²) in [6.45, 7) is 7.61. The van der Waals surface area contributed by atoms with Crippen LogP contribution in [0.5, 0.6) is 0 Å². The Bertz CT molecular complexity index is 717. The number of rotatable bonds is 2. The molecule has 1 atom stereocenters. The van der Waals surface area contributed by atoms with Crippen LogP contribution >= 0.6 is 15.9 Å². The topological polar surface area (TPSA) is 36.4 Å². The van der Waals surface area contributed by atoms with Gasteiger partial charge in [0.1, 0.15) is 6.17 Å². The molecule has 1 saturated heterocycles. The van der Waals surface area contributed by atoms with Gasteiger partial charge < -0.3 is 4.90 Å². The van der Waals surface area contributed by atoms with Crippen LogP contribution in [0.15, 0.2) is 16.7 Å². The van der Waals surface area contributed by atoms with E-state index in [0.717, 1.165) is 41.7 Å². The van der Waals surface area contributed by atoms with Gasteiger partial charge in [-0.3, -0.25) is 14.7 Å². The third-order valence-corrected chi connectivity index (χ3v) is 6.72. The van der Waals surface area contributed by atoms with E-state index < -0.39 is 11.6 Å². The van der Waals surface area contributed by atoms with Gasteiger partial charge in [0.25, 0.3) is 0 Å². The first-order valence-corrected chi connectivity index (χ1v) is 9.90. The number of pyridine rings is 1. The van der Waals surface area contributed by atoms with E-state index in [1.54, 1.807) is 6.20 Å². The summed E-state index contributed by atoms with van der Waals surface area (Å²) in [5.74, 6) is 0.127. The second-order valence-corrected chi connectivity index (χ2v) is 9.48. The zero-order valence-electron chi connectivity index (χ0n) is 15.1. The smallest absolute Gasteiger partial charge is 0.239 e. The fourth-order valence-corrected chi connectivity index (χ4v) is 5.10. The summed E-state index contributed by atoms with van der Waals surface area (Å²) in [4.78, 5) is 21.8. The molecule has 3 heterocycles. The number of likely N-dealkylation sites (tertiary alicyclic amines) is 1. The monoisotopic (exact) mass is 409 g/mol. The first-order chi connectivity index (χ1) is 11.7. The second kappa shape index (κ2) is 5.74. The minimum absolute atomic E-state index is 0.00203. The number of hydrogen-bond donors (Lipinski definition) is 0. The van der Waals surface area contributed by atoms with Gasteiger partial charge in [0.2, 0.25) is 5.91 Å². The molecule has 0 bridgehead atoms. The molecule has 1 aliphatic carbocycles. The van der Waals surface area contributed by atoms with Gasteiger partial charge in [-0.15, -0.1) is 0 Å². The van der Waals surface area contributed by atoms with Gasteiger partial charge in [0.15, 0.2) is 0 Å². The standard InChI is InChI=1S/C19H25BrFN3O/c1-18(2)16-15(7-12(20)10-22-16)24(17(18)25)14-8-19(3,9-14)23-6-4-5-13(21)11-23/h7,10,13-14H,4-6,8-9,11H2,1-3H3/t13-,14?,19?/m0/s1. The van der Waals surface area contributed by atoms with Crippen LogP contribution in [0.4, 0.5) is 10.1 Å². The molecular formula is C19H25BrFN3O. The van der Waals surface area contributed by atoms with Gasteiger partial charge in [0, 0.05) is 28.8 Å². The largest absolute Gasteiger partial charge is 0.307 e. The predicted molar refractivity (Wildman–Crippen MR) is 99.6 cm³/mol. The maximum absolute atomic E-state index is 13.8. The molecule has 136 valence electrons. The molecule has 0 radical (unpaired) electrons. The van der Waals surface area contributed by atoms with Crippen molar-refractivity contribution in [3.05, 3.63) is 22.4 Å². The second-order valence-electron chi connectivity index (χ2n) is 8.57. The summed E-state index contributed by atoms with van der Waals surface area (Å²) in [5, 5.41) is 0. The number of fused-ring (bicyclic) bond motifs is 1. The average molecular weight is 410 g/mol. The molecule has 0 N–H and O–H groups in total. The normalized spacial score (nSPS) is 34.8. The van der Waals surface area contributed by atoms with Crippen LogP contribution < -0.4 is 4.90 Å². The maximum Gasteiger partial charge on any atom is 0.239 e. The highest BCUT2D eigenvalue weighted by molar-refractivity contribution is 9.10. The first kappa shape index (κ1) is 17.4. The first-order valence-electron chi connectivity index (χ1n) is 9.11. The van der Waals surface area contributed by atoms with Crippen molar-refractivity contribution >= 4 is 27.5 Å². The summed E-state index contributed by atoms with van der Waals surface area (Å²) in [7, 11) is 0. The molecule has 6 heteroatoms. The van der Waals surface area contributed by atoms with Crippen molar-refractivity contribution < 1.29 is 9.18 Å². The number of alkyl halides is 1. The molecule has 4 nitrogen and oxygen atoms in total. The summed E-state index contributed by atoms with van der Waals surface area (Å²) < 4.78 is 14.7. The van der Waals surface area contributed by atoms with E-state index in [2.05, 4.69) is 32.7 Å². The minimum Gasteiger partial charge on any atom is -0.307 e. The molecule has 0 unspecified atom stereocenters. The van der Waals surface area contributed by atoms with Gasteiger partial charge >= 0.3 is 0 Å². The van der Waals surface area contributed by atoms with Crippen molar-refractivity contribution in [3.8, 4) is 0 Å². The lowest BCUT2D eigenvalue weighted by atomic mass is 9.71. The van der Waals surface area contributed by atoms with Crippen molar-refractivity contribution in [2.75, 3.05) is 18.0 Å². The van der Waals surface area contributed by atoms with Crippen LogP contribution in [0.3, 0.4) is 0 Å². The molecule has 2 fully saturated rings. The SMILES string of the molecule is CC1(C)C(=O)N(C2CC(C)(N3CCC[C@H](F)C3)C2)c2cc(Br)cnc21. The summed E-state index contributed by atoms with van der Waals surface area (Å²) >= 11 is 3.48. The minimum atomic E-state index is -0.710. The number of halogens is 2. The third kappa shape index (κ3) is 2.64. The lowest BCUT2D eigenvalue weighted by Crippen LogP contribution is -2.64. The van der Waals surface area contributed by atoms with E-state index in [-0.39, 0.29) is 17.5 Å². The highest BCUT2D eigenvalue weighted by Crippen LogP contribution is 2.49. The van der Waals surface area contributed by atoms with Crippen LogP contribution in [-0.2, 0) is 10.2 Å². The van der Waals surface area contributed by atoms with Gasteiger partial charge in [-0.1, -0.05) is 0 Å². The maximum atomic E-state index is 13.8. The molecule has 0 spiro atoms. The van der Waals surface area contributed by atoms with Gasteiger partial charge in [-0.05, 0) is 75.0 Å². The highest BCUT2D eigenvalue weighted by atomic mass is 79.9. The molecule has 1 amide bonds. The molecule has 2 aliphatic heterocycles. The van der Waals surface area contributed by atoms with E-state index in [1.165, 1.54) is 0 Å². The number of anilines is 1. The Balaban J connectivity index is 1.56. The van der Waals surface area contributed by atoms with Gasteiger partial charge in [-0.25, -0.2) is 4.39 Å². The van der Waals surface area contributed by atoms with Crippen molar-refractivity contribution in [1.82, 2.24) is 9.88 Å². The molecule has 1 saturated carbocycles. The van der Waals surface area contributed by atoms with Gasteiger partial charge in [-0.2, -0.15) is 0 Å². The van der Waals surface area contributed by atoms with Crippen LogP contribution in [0.25, 0.3) is 0 Å². The van der Waals surface area contributed by atoms with E-state index in [1.807, 2.05) is 24.8 Å². The van der Waals surface area contributed by atoms with Crippen LogP contribution in [0.2, 0.25) is 0 Å². The number of carbonyl (C=O) groups excluding carboxylic acids is 1. The summed E-state index contributed by atoms with van der Waals surface area (Å²) in [5.41, 5.74) is 1.20. The van der Waals surface area contributed by atoms with E-state index in [4.69, 9.17) is 0 Å². The summed E-state index contributed by atoms with van der Waals surface area (Å²) in [6, 6.07) is 2.18. The lowest BCUT2D eigenvalue weighted by Gasteiger charge is -2.56. The fourth-order valence-electron chi connectivity index (χ4n) is 4.78. The molecule has 0 aromatic carbocycles. The quantitative estimate of drug-likeness (QED) is 0.744. The molecule has 25 heavy (non-hydrogen) atoms. The number of hydrogen-bond acceptors (Lipinski definition) is 3. The average Bonchev–Trinajstić information content (AvgIpc) is 2.71. The zero-order valence-corrected chi connectivity index (χ0v) is 16.6. The fraction of sp³-hybridized carbons (Fsp3) is 0.684. The molecule has 1 aromatic heterocycles. The van der Waals surface area contributed by atoms with Crippen molar-refractivity contribution in [1.29, 1.82) is 0 Å². The Morgan fingerprint density at radius 1 is 1.32 bits per heavy atom. The molecule has 3 aliphatic rings. The number of carbonyl (C=O) groups is 1. The Morgan fingerprint density at radius 3 is 2.72 bits per heavy atom. The van der Waals surface area contributed by atoms with Crippen LogP contribution in [0, 0.1) is 0 Å². The van der Waals surface area contributed by atoms with Crippen molar-refractivity contribution in [3.63, 3.8) is 0 Å². The molecule has 1 aromatic rings. The van der Waals surface area contributed by atoms with Crippen molar-refractivity contribution in [2.45, 2.75) is 69.6 Å². The number of amides is 1. The number of piperidine rings is 1. The zero-order chi connectivity index (χ0) is 18.0. The third-order valence-electron chi connectivity index (χ3n) is 6.28. The van der Waals surface area contributed by atoms with E-state index >= 15 is 0 Å². The molecule has 4 rings (SSSR count). The number of aromatic nitrogens is 1. The number of nitrogens with zero attached hydrogens (tertiary/aromatic N) is 3. The summed E-state index contributed by atoms with van der Waals surface area (Å²) in [6.07, 6.45) is 4.45. The Kier molecular flexibility index (Phi) is 4.00. The molecular weight excluding hydrogens is 385 g/mol.